The summed E-state index contributed by atoms with van der Waals surface area (Å²) in [5, 5.41) is 0. The van der Waals surface area contributed by atoms with Crippen LogP contribution < -0.4 is 0 Å². The van der Waals surface area contributed by atoms with Crippen LogP contribution in [-0.4, -0.2) is 0 Å². The van der Waals surface area contributed by atoms with Gasteiger partial charge in [-0.3, -0.25) is 0 Å². The molecule has 0 fully saturated rings. The molecule has 0 aliphatic heterocycles. The van der Waals surface area contributed by atoms with Gasteiger partial charge < -0.3 is 0 Å². The van der Waals surface area contributed by atoms with Crippen LogP contribution in [0.3, 0.4) is 0 Å². The Bertz CT molecular complexity index is 333. The van der Waals surface area contributed by atoms with Crippen LogP contribution in [-0.2, 0) is 0 Å². The molecule has 0 unspecified atom stereocenters. The summed E-state index contributed by atoms with van der Waals surface area (Å²) in [6.45, 7) is 5.83. The predicted octanol–water partition coefficient (Wildman–Crippen LogP) is 4.12. The Hall–Kier alpha value is -1.56. The van der Waals surface area contributed by atoms with E-state index in [4.69, 9.17) is 0 Å². The molecule has 0 heterocycles. The van der Waals surface area contributed by atoms with Crippen LogP contribution in [0.4, 0.5) is 0 Å². The van der Waals surface area contributed by atoms with Gasteiger partial charge in [0, 0.05) is 0 Å². The second-order valence-electron chi connectivity index (χ2n) is 3.11. The van der Waals surface area contributed by atoms with E-state index < -0.39 is 0 Å². The summed E-state index contributed by atoms with van der Waals surface area (Å²) in [5.41, 5.74) is 2.57. The van der Waals surface area contributed by atoms with Crippen molar-refractivity contribution in [3.05, 3.63) is 72.4 Å². The molecular weight excluding hydrogens is 168 g/mol. The van der Waals surface area contributed by atoms with E-state index in [1.165, 1.54) is 11.1 Å². The average molecular weight is 184 g/mol. The smallest absolute Gasteiger partial charge is 0.00293 e. The molecule has 0 spiro atoms. The van der Waals surface area contributed by atoms with E-state index >= 15 is 0 Å². The van der Waals surface area contributed by atoms with Crippen LogP contribution in [0.2, 0.25) is 0 Å². The Morgan fingerprint density at radius 2 is 1.93 bits per heavy atom. The Morgan fingerprint density at radius 1 is 1.21 bits per heavy atom. The SMILES string of the molecule is C=C/C(=C\C)CC1=C/C=C\C=C/C=C\1. The fourth-order valence-corrected chi connectivity index (χ4v) is 1.25. The molecule has 0 saturated heterocycles. The van der Waals surface area contributed by atoms with Crippen molar-refractivity contribution in [3.8, 4) is 0 Å². The maximum absolute atomic E-state index is 3.79. The van der Waals surface area contributed by atoms with Crippen molar-refractivity contribution in [3.63, 3.8) is 0 Å². The Kier molecular flexibility index (Phi) is 4.49. The molecular formula is C14H16. The highest BCUT2D eigenvalue weighted by molar-refractivity contribution is 5.35. The van der Waals surface area contributed by atoms with Gasteiger partial charge in [-0.05, 0) is 24.5 Å². The maximum atomic E-state index is 3.79. The zero-order valence-electron chi connectivity index (χ0n) is 8.61. The van der Waals surface area contributed by atoms with Gasteiger partial charge in [-0.2, -0.15) is 0 Å². The minimum absolute atomic E-state index is 0.953. The maximum Gasteiger partial charge on any atom is -0.00293 e. The van der Waals surface area contributed by atoms with Gasteiger partial charge in [0.25, 0.3) is 0 Å². The third-order valence-electron chi connectivity index (χ3n) is 2.11. The van der Waals surface area contributed by atoms with Crippen molar-refractivity contribution < 1.29 is 0 Å². The van der Waals surface area contributed by atoms with E-state index in [1.54, 1.807) is 0 Å². The molecule has 0 aromatic heterocycles. The lowest BCUT2D eigenvalue weighted by atomic mass is 10.0. The van der Waals surface area contributed by atoms with Crippen LogP contribution >= 0.6 is 0 Å². The molecule has 14 heavy (non-hydrogen) atoms. The highest BCUT2D eigenvalue weighted by Gasteiger charge is 1.94. The first-order chi connectivity index (χ1) is 6.86. The van der Waals surface area contributed by atoms with E-state index in [2.05, 4.69) is 37.0 Å². The Morgan fingerprint density at radius 3 is 2.64 bits per heavy atom. The van der Waals surface area contributed by atoms with Crippen molar-refractivity contribution in [2.45, 2.75) is 13.3 Å². The first-order valence-electron chi connectivity index (χ1n) is 4.85. The monoisotopic (exact) mass is 184 g/mol. The van der Waals surface area contributed by atoms with E-state index in [-0.39, 0.29) is 0 Å². The molecule has 1 aliphatic rings. The van der Waals surface area contributed by atoms with Crippen molar-refractivity contribution in [1.82, 2.24) is 0 Å². The minimum Gasteiger partial charge on any atom is -0.0988 e. The van der Waals surface area contributed by atoms with Gasteiger partial charge in [0.1, 0.15) is 0 Å². The van der Waals surface area contributed by atoms with Gasteiger partial charge in [0.15, 0.2) is 0 Å². The zero-order chi connectivity index (χ0) is 10.2. The predicted molar refractivity (Wildman–Crippen MR) is 64.1 cm³/mol. The average Bonchev–Trinajstić information content (AvgIpc) is 2.16. The lowest BCUT2D eigenvalue weighted by molar-refractivity contribution is 1.20. The highest BCUT2D eigenvalue weighted by atomic mass is 14.0. The van der Waals surface area contributed by atoms with Gasteiger partial charge in [-0.25, -0.2) is 0 Å². The van der Waals surface area contributed by atoms with Gasteiger partial charge in [-0.1, -0.05) is 61.3 Å². The van der Waals surface area contributed by atoms with Crippen LogP contribution in [0.15, 0.2) is 72.4 Å². The molecule has 0 bridgehead atoms. The second kappa shape index (κ2) is 5.98. The first-order valence-corrected chi connectivity index (χ1v) is 4.85. The molecule has 72 valence electrons. The molecule has 0 nitrogen and oxygen atoms in total. The molecule has 0 saturated carbocycles. The molecule has 1 aliphatic carbocycles. The highest BCUT2D eigenvalue weighted by Crippen LogP contribution is 2.14. The molecule has 1 rings (SSSR count). The van der Waals surface area contributed by atoms with Crippen molar-refractivity contribution in [2.24, 2.45) is 0 Å². The van der Waals surface area contributed by atoms with E-state index in [9.17, 15) is 0 Å². The summed E-state index contributed by atoms with van der Waals surface area (Å²) in [6, 6.07) is 0. The Balaban J connectivity index is 2.73. The first kappa shape index (κ1) is 10.5. The molecule has 0 aromatic rings. The van der Waals surface area contributed by atoms with Crippen LogP contribution in [0.1, 0.15) is 13.3 Å². The number of allylic oxidation sites excluding steroid dienone is 11. The topological polar surface area (TPSA) is 0 Å². The molecule has 0 atom stereocenters. The number of hydrogen-bond donors (Lipinski definition) is 0. The summed E-state index contributed by atoms with van der Waals surface area (Å²) < 4.78 is 0. The largest absolute Gasteiger partial charge is 0.0988 e. The van der Waals surface area contributed by atoms with E-state index in [0.29, 0.717) is 0 Å². The number of rotatable bonds is 3. The van der Waals surface area contributed by atoms with E-state index in [0.717, 1.165) is 6.42 Å². The lowest BCUT2D eigenvalue weighted by Gasteiger charge is -2.02. The molecule has 0 radical (unpaired) electrons. The third kappa shape index (κ3) is 3.44. The second-order valence-corrected chi connectivity index (χ2v) is 3.11. The standard InChI is InChI=1S/C14H16/c1-3-13(4-2)12-14-10-8-6-5-7-9-11-14/h3-11H,1,12H2,2H3/b6-5-,7-5?,8-6?,9-7-,10-8-,11-9?,13-4+,14-10?,14-11+. The van der Waals surface area contributed by atoms with Gasteiger partial charge >= 0.3 is 0 Å². The van der Waals surface area contributed by atoms with Crippen LogP contribution in [0.5, 0.6) is 0 Å². The summed E-state index contributed by atoms with van der Waals surface area (Å²) in [7, 11) is 0. The number of hydrogen-bond acceptors (Lipinski definition) is 0. The summed E-state index contributed by atoms with van der Waals surface area (Å²) in [5.74, 6) is 0. The van der Waals surface area contributed by atoms with Crippen molar-refractivity contribution in [1.29, 1.82) is 0 Å². The molecule has 0 aromatic carbocycles. The van der Waals surface area contributed by atoms with Crippen LogP contribution in [0, 0.1) is 0 Å². The summed E-state index contributed by atoms with van der Waals surface area (Å²) >= 11 is 0. The molecule has 0 N–H and O–H groups in total. The van der Waals surface area contributed by atoms with Gasteiger partial charge in [-0.15, -0.1) is 0 Å². The van der Waals surface area contributed by atoms with Crippen LogP contribution in [0.25, 0.3) is 0 Å². The minimum atomic E-state index is 0.953. The normalized spacial score (nSPS) is 26.6. The molecule has 0 heteroatoms. The van der Waals surface area contributed by atoms with E-state index in [1.807, 2.05) is 31.2 Å². The fraction of sp³-hybridized carbons (Fsp3) is 0.143. The third-order valence-corrected chi connectivity index (χ3v) is 2.11. The van der Waals surface area contributed by atoms with Crippen molar-refractivity contribution in [2.75, 3.05) is 0 Å². The zero-order valence-corrected chi connectivity index (χ0v) is 8.61. The quantitative estimate of drug-likeness (QED) is 0.579. The van der Waals surface area contributed by atoms with Gasteiger partial charge in [0.05, 0.1) is 0 Å². The van der Waals surface area contributed by atoms with Crippen molar-refractivity contribution >= 4 is 0 Å². The fourth-order valence-electron chi connectivity index (χ4n) is 1.25. The molecule has 0 amide bonds. The Labute approximate surface area is 86.3 Å². The van der Waals surface area contributed by atoms with Gasteiger partial charge in [0.2, 0.25) is 0 Å². The lowest BCUT2D eigenvalue weighted by Crippen LogP contribution is -1.82. The summed E-state index contributed by atoms with van der Waals surface area (Å²) in [6.07, 6.45) is 19.4. The summed E-state index contributed by atoms with van der Waals surface area (Å²) in [4.78, 5) is 0.